The van der Waals surface area contributed by atoms with E-state index in [-0.39, 0.29) is 0 Å². The second-order valence-corrected chi connectivity index (χ2v) is 9.31. The summed E-state index contributed by atoms with van der Waals surface area (Å²) in [6.07, 6.45) is 1.08. The normalized spacial score (nSPS) is 20.4. The van der Waals surface area contributed by atoms with Crippen LogP contribution in [0, 0.1) is 0 Å². The highest BCUT2D eigenvalue weighted by Gasteiger charge is 2.27. The third-order valence-corrected chi connectivity index (χ3v) is 6.04. The summed E-state index contributed by atoms with van der Waals surface area (Å²) in [6.45, 7) is 8.15. The van der Waals surface area contributed by atoms with E-state index in [2.05, 4.69) is 63.9 Å². The van der Waals surface area contributed by atoms with Gasteiger partial charge in [-0.25, -0.2) is 0 Å². The topological polar surface area (TPSA) is 15.3 Å². The van der Waals surface area contributed by atoms with Gasteiger partial charge in [0.05, 0.1) is 0 Å². The molecule has 21 heavy (non-hydrogen) atoms. The van der Waals surface area contributed by atoms with Crippen LogP contribution >= 0.6 is 39.3 Å². The van der Waals surface area contributed by atoms with Crippen LogP contribution in [-0.2, 0) is 0 Å². The first-order chi connectivity index (χ1) is 9.91. The number of halogens is 2. The number of nitrogens with one attached hydrogen (secondary N) is 1. The summed E-state index contributed by atoms with van der Waals surface area (Å²) in [4.78, 5) is 2.58. The van der Waals surface area contributed by atoms with Gasteiger partial charge >= 0.3 is 0 Å². The Balaban J connectivity index is 1.96. The summed E-state index contributed by atoms with van der Waals surface area (Å²) in [5, 5.41) is 4.24. The average molecular weight is 392 g/mol. The molecule has 1 aliphatic rings. The lowest BCUT2D eigenvalue weighted by Crippen LogP contribution is -2.44. The van der Waals surface area contributed by atoms with E-state index in [1.807, 2.05) is 13.1 Å². The predicted molar refractivity (Wildman–Crippen MR) is 98.5 cm³/mol. The SMILES string of the molecule is CNC(CCN1CCSC(C)(C)C1)c1ccc(Br)cc1Cl. The molecule has 0 aliphatic carbocycles. The van der Waals surface area contributed by atoms with Gasteiger partial charge in [0.1, 0.15) is 0 Å². The van der Waals surface area contributed by atoms with Crippen molar-refractivity contribution >= 4 is 39.3 Å². The van der Waals surface area contributed by atoms with Crippen molar-refractivity contribution in [3.05, 3.63) is 33.3 Å². The fraction of sp³-hybridized carbons (Fsp3) is 0.625. The first-order valence-corrected chi connectivity index (χ1v) is 9.55. The van der Waals surface area contributed by atoms with Crippen molar-refractivity contribution in [1.29, 1.82) is 0 Å². The fourth-order valence-electron chi connectivity index (χ4n) is 2.86. The molecule has 1 fully saturated rings. The van der Waals surface area contributed by atoms with Gasteiger partial charge in [-0.1, -0.05) is 33.6 Å². The molecule has 1 heterocycles. The molecule has 1 saturated heterocycles. The summed E-state index contributed by atoms with van der Waals surface area (Å²) in [5.74, 6) is 1.23. The van der Waals surface area contributed by atoms with Crippen molar-refractivity contribution in [2.45, 2.75) is 31.1 Å². The maximum atomic E-state index is 6.38. The Hall–Kier alpha value is 0.260. The smallest absolute Gasteiger partial charge is 0.0465 e. The minimum atomic E-state index is 0.309. The molecule has 1 aromatic carbocycles. The van der Waals surface area contributed by atoms with E-state index in [0.29, 0.717) is 10.8 Å². The lowest BCUT2D eigenvalue weighted by molar-refractivity contribution is 0.247. The fourth-order valence-corrected chi connectivity index (χ4v) is 4.84. The molecule has 0 bridgehead atoms. The Labute approximate surface area is 146 Å². The lowest BCUT2D eigenvalue weighted by atomic mass is 10.0. The van der Waals surface area contributed by atoms with E-state index >= 15 is 0 Å². The van der Waals surface area contributed by atoms with Gasteiger partial charge in [-0.3, -0.25) is 0 Å². The highest BCUT2D eigenvalue weighted by Crippen LogP contribution is 2.31. The average Bonchev–Trinajstić information content (AvgIpc) is 2.40. The van der Waals surface area contributed by atoms with E-state index in [1.54, 1.807) is 0 Å². The zero-order valence-corrected chi connectivity index (χ0v) is 16.1. The largest absolute Gasteiger partial charge is 0.313 e. The van der Waals surface area contributed by atoms with Crippen molar-refractivity contribution in [3.63, 3.8) is 0 Å². The van der Waals surface area contributed by atoms with Crippen LogP contribution in [0.25, 0.3) is 0 Å². The van der Waals surface area contributed by atoms with Crippen LogP contribution in [0.2, 0.25) is 5.02 Å². The number of hydrogen-bond donors (Lipinski definition) is 1. The molecule has 1 aromatic rings. The van der Waals surface area contributed by atoms with E-state index in [1.165, 1.54) is 24.4 Å². The summed E-state index contributed by atoms with van der Waals surface area (Å²) in [7, 11) is 2.01. The van der Waals surface area contributed by atoms with Crippen LogP contribution in [0.4, 0.5) is 0 Å². The summed E-state index contributed by atoms with van der Waals surface area (Å²) < 4.78 is 1.41. The van der Waals surface area contributed by atoms with E-state index < -0.39 is 0 Å². The van der Waals surface area contributed by atoms with Gasteiger partial charge in [-0.05, 0) is 45.0 Å². The summed E-state index contributed by atoms with van der Waals surface area (Å²) in [5.41, 5.74) is 1.19. The van der Waals surface area contributed by atoms with Gasteiger partial charge in [-0.15, -0.1) is 0 Å². The molecule has 2 rings (SSSR count). The Kier molecular flexibility index (Phi) is 6.45. The molecule has 1 N–H and O–H groups in total. The molecule has 0 saturated carbocycles. The van der Waals surface area contributed by atoms with Crippen molar-refractivity contribution in [3.8, 4) is 0 Å². The van der Waals surface area contributed by atoms with Crippen LogP contribution in [0.3, 0.4) is 0 Å². The van der Waals surface area contributed by atoms with Crippen molar-refractivity contribution in [2.75, 3.05) is 32.4 Å². The molecule has 5 heteroatoms. The molecule has 1 atom stereocenters. The Bertz CT molecular complexity index is 481. The number of thioether (sulfide) groups is 1. The van der Waals surface area contributed by atoms with Gasteiger partial charge in [0, 0.05) is 45.7 Å². The zero-order valence-electron chi connectivity index (χ0n) is 13.0. The van der Waals surface area contributed by atoms with Gasteiger partial charge in [0.15, 0.2) is 0 Å². The van der Waals surface area contributed by atoms with E-state index in [9.17, 15) is 0 Å². The molecular formula is C16H24BrClN2S. The molecule has 0 spiro atoms. The molecule has 0 radical (unpaired) electrons. The predicted octanol–water partition coefficient (Wildman–Crippen LogP) is 4.58. The zero-order chi connectivity index (χ0) is 15.5. The third-order valence-electron chi connectivity index (χ3n) is 3.93. The molecule has 0 amide bonds. The molecular weight excluding hydrogens is 368 g/mol. The monoisotopic (exact) mass is 390 g/mol. The maximum Gasteiger partial charge on any atom is 0.0465 e. The van der Waals surface area contributed by atoms with Gasteiger partial charge in [0.25, 0.3) is 0 Å². The Morgan fingerprint density at radius 1 is 1.48 bits per heavy atom. The highest BCUT2D eigenvalue weighted by molar-refractivity contribution is 9.10. The summed E-state index contributed by atoms with van der Waals surface area (Å²) >= 11 is 11.9. The highest BCUT2D eigenvalue weighted by atomic mass is 79.9. The minimum absolute atomic E-state index is 0.309. The first-order valence-electron chi connectivity index (χ1n) is 7.40. The van der Waals surface area contributed by atoms with Crippen LogP contribution in [0.1, 0.15) is 31.9 Å². The van der Waals surface area contributed by atoms with E-state index in [0.717, 1.165) is 22.5 Å². The van der Waals surface area contributed by atoms with Crippen molar-refractivity contribution in [1.82, 2.24) is 10.2 Å². The quantitative estimate of drug-likeness (QED) is 0.791. The second-order valence-electron chi connectivity index (χ2n) is 6.18. The third kappa shape index (κ3) is 5.14. The number of benzene rings is 1. The van der Waals surface area contributed by atoms with Crippen LogP contribution in [-0.4, -0.2) is 42.1 Å². The molecule has 1 unspecified atom stereocenters. The summed E-state index contributed by atoms with van der Waals surface area (Å²) in [6, 6.07) is 6.46. The Morgan fingerprint density at radius 2 is 2.24 bits per heavy atom. The number of nitrogens with zero attached hydrogens (tertiary/aromatic N) is 1. The first kappa shape index (κ1) is 17.6. The maximum absolute atomic E-state index is 6.38. The molecule has 0 aromatic heterocycles. The Morgan fingerprint density at radius 3 is 2.86 bits per heavy atom. The minimum Gasteiger partial charge on any atom is -0.313 e. The second kappa shape index (κ2) is 7.69. The van der Waals surface area contributed by atoms with Crippen LogP contribution in [0.15, 0.2) is 22.7 Å². The van der Waals surface area contributed by atoms with Gasteiger partial charge < -0.3 is 10.2 Å². The molecule has 118 valence electrons. The lowest BCUT2D eigenvalue weighted by Gasteiger charge is -2.38. The number of rotatable bonds is 5. The van der Waals surface area contributed by atoms with Crippen molar-refractivity contribution in [2.24, 2.45) is 0 Å². The van der Waals surface area contributed by atoms with Crippen LogP contribution < -0.4 is 5.32 Å². The molecule has 1 aliphatic heterocycles. The molecule has 2 nitrogen and oxygen atoms in total. The van der Waals surface area contributed by atoms with E-state index in [4.69, 9.17) is 11.6 Å². The van der Waals surface area contributed by atoms with Gasteiger partial charge in [-0.2, -0.15) is 11.8 Å². The number of hydrogen-bond acceptors (Lipinski definition) is 3. The van der Waals surface area contributed by atoms with Gasteiger partial charge in [0.2, 0.25) is 0 Å². The van der Waals surface area contributed by atoms with Crippen molar-refractivity contribution < 1.29 is 0 Å². The van der Waals surface area contributed by atoms with Crippen LogP contribution in [0.5, 0.6) is 0 Å². The standard InChI is InChI=1S/C16H24BrClN2S/c1-16(2)11-20(8-9-21-16)7-6-15(19-3)13-5-4-12(17)10-14(13)18/h4-5,10,15,19H,6-9,11H2,1-3H3.